The second-order valence-electron chi connectivity index (χ2n) is 5.85. The first-order valence-corrected chi connectivity index (χ1v) is 9.51. The number of hydrogen-bond donors (Lipinski definition) is 4. The molecule has 0 aliphatic carbocycles. The summed E-state index contributed by atoms with van der Waals surface area (Å²) in [4.78, 5) is 35.5. The maximum absolute atomic E-state index is 11.9. The maximum atomic E-state index is 11.9. The predicted molar refractivity (Wildman–Crippen MR) is 115 cm³/mol. The van der Waals surface area contributed by atoms with E-state index in [1.54, 1.807) is 36.4 Å². The lowest BCUT2D eigenvalue weighted by Gasteiger charge is -2.10. The van der Waals surface area contributed by atoms with Gasteiger partial charge in [0, 0.05) is 24.6 Å². The van der Waals surface area contributed by atoms with E-state index in [0.717, 1.165) is 0 Å². The van der Waals surface area contributed by atoms with Crippen LogP contribution >= 0.6 is 12.2 Å². The van der Waals surface area contributed by atoms with Crippen molar-refractivity contribution in [3.05, 3.63) is 54.5 Å². The fraction of sp³-hybridized carbons (Fsp3) is 0.200. The SMILES string of the molecule is CCOc1ccc(NC(=O)CCC(=O)NNC(=S)NC(=O)/C=C/c2ccco2)cc1. The van der Waals surface area contributed by atoms with Crippen LogP contribution in [0.5, 0.6) is 5.75 Å². The van der Waals surface area contributed by atoms with Crippen LogP contribution in [0.25, 0.3) is 6.08 Å². The molecule has 9 nitrogen and oxygen atoms in total. The van der Waals surface area contributed by atoms with Crippen LogP contribution in [0, 0.1) is 0 Å². The standard InChI is InChI=1S/C20H22N4O5S/c1-2-28-16-7-5-14(6-8-16)21-17(25)11-12-19(27)23-24-20(30)22-18(26)10-9-15-4-3-13-29-15/h3-10,13H,2,11-12H2,1H3,(H,21,25)(H,23,27)(H2,22,24,26,30)/b10-9+. The zero-order valence-electron chi connectivity index (χ0n) is 16.3. The normalized spacial score (nSPS) is 10.3. The minimum Gasteiger partial charge on any atom is -0.494 e. The van der Waals surface area contributed by atoms with Crippen molar-refractivity contribution in [3.63, 3.8) is 0 Å². The quantitative estimate of drug-likeness (QED) is 0.288. The molecular weight excluding hydrogens is 408 g/mol. The van der Waals surface area contributed by atoms with Crippen molar-refractivity contribution in [1.29, 1.82) is 0 Å². The van der Waals surface area contributed by atoms with E-state index in [4.69, 9.17) is 21.4 Å². The third kappa shape index (κ3) is 8.57. The smallest absolute Gasteiger partial charge is 0.250 e. The second-order valence-corrected chi connectivity index (χ2v) is 6.25. The highest BCUT2D eigenvalue weighted by molar-refractivity contribution is 7.80. The Labute approximate surface area is 178 Å². The number of hydrazine groups is 1. The lowest BCUT2D eigenvalue weighted by molar-refractivity contribution is -0.124. The van der Waals surface area contributed by atoms with Gasteiger partial charge in [0.15, 0.2) is 5.11 Å². The van der Waals surface area contributed by atoms with Crippen molar-refractivity contribution >= 4 is 46.8 Å². The van der Waals surface area contributed by atoms with Crippen LogP contribution < -0.4 is 26.2 Å². The number of nitrogens with one attached hydrogen (secondary N) is 4. The molecule has 0 aliphatic rings. The summed E-state index contributed by atoms with van der Waals surface area (Å²) in [6, 6.07) is 10.3. The second kappa shape index (κ2) is 12.0. The molecule has 0 bridgehead atoms. The minimum absolute atomic E-state index is 0.0221. The monoisotopic (exact) mass is 430 g/mol. The molecule has 2 rings (SSSR count). The molecule has 1 aromatic carbocycles. The Hall–Kier alpha value is -3.66. The first-order valence-electron chi connectivity index (χ1n) is 9.10. The molecule has 0 aliphatic heterocycles. The van der Waals surface area contributed by atoms with Crippen LogP contribution in [0.3, 0.4) is 0 Å². The van der Waals surface area contributed by atoms with Crippen LogP contribution in [0.1, 0.15) is 25.5 Å². The van der Waals surface area contributed by atoms with Crippen molar-refractivity contribution in [3.8, 4) is 5.75 Å². The summed E-state index contributed by atoms with van der Waals surface area (Å²) < 4.78 is 10.4. The van der Waals surface area contributed by atoms with Gasteiger partial charge in [-0.05, 0) is 61.6 Å². The number of carbonyl (C=O) groups is 3. The fourth-order valence-electron chi connectivity index (χ4n) is 2.17. The van der Waals surface area contributed by atoms with Gasteiger partial charge in [0.25, 0.3) is 0 Å². The molecule has 0 fully saturated rings. The molecule has 30 heavy (non-hydrogen) atoms. The Morgan fingerprint density at radius 2 is 1.80 bits per heavy atom. The molecule has 158 valence electrons. The van der Waals surface area contributed by atoms with Crippen molar-refractivity contribution in [1.82, 2.24) is 16.2 Å². The Morgan fingerprint density at radius 1 is 1.07 bits per heavy atom. The zero-order valence-corrected chi connectivity index (χ0v) is 17.1. The van der Waals surface area contributed by atoms with Gasteiger partial charge in [0.2, 0.25) is 17.7 Å². The lowest BCUT2D eigenvalue weighted by Crippen LogP contribution is -2.48. The van der Waals surface area contributed by atoms with Crippen LogP contribution in [-0.4, -0.2) is 29.4 Å². The minimum atomic E-state index is -0.493. The number of amides is 3. The Bertz CT molecular complexity index is 894. The summed E-state index contributed by atoms with van der Waals surface area (Å²) in [6.45, 7) is 2.44. The number of rotatable bonds is 8. The van der Waals surface area contributed by atoms with Gasteiger partial charge in [-0.25, -0.2) is 0 Å². The Kier molecular flexibility index (Phi) is 9.07. The van der Waals surface area contributed by atoms with Gasteiger partial charge in [-0.3, -0.25) is 30.6 Å². The van der Waals surface area contributed by atoms with Crippen LogP contribution in [0.15, 0.2) is 53.2 Å². The summed E-state index contributed by atoms with van der Waals surface area (Å²) in [7, 11) is 0. The van der Waals surface area contributed by atoms with Crippen molar-refractivity contribution in [2.24, 2.45) is 0 Å². The molecular formula is C20H22N4O5S. The molecule has 1 aromatic heterocycles. The average Bonchev–Trinajstić information content (AvgIpc) is 3.24. The van der Waals surface area contributed by atoms with E-state index in [9.17, 15) is 14.4 Å². The van der Waals surface area contributed by atoms with E-state index < -0.39 is 11.8 Å². The van der Waals surface area contributed by atoms with Crippen molar-refractivity contribution in [2.45, 2.75) is 19.8 Å². The van der Waals surface area contributed by atoms with Crippen molar-refractivity contribution in [2.75, 3.05) is 11.9 Å². The van der Waals surface area contributed by atoms with Gasteiger partial charge in [0.1, 0.15) is 11.5 Å². The summed E-state index contributed by atoms with van der Waals surface area (Å²) in [5, 5.41) is 4.96. The Morgan fingerprint density at radius 3 is 2.47 bits per heavy atom. The average molecular weight is 430 g/mol. The fourth-order valence-corrected chi connectivity index (χ4v) is 2.32. The van der Waals surface area contributed by atoms with E-state index in [0.29, 0.717) is 23.8 Å². The molecule has 0 saturated heterocycles. The molecule has 2 aromatic rings. The number of carbonyl (C=O) groups excluding carboxylic acids is 3. The molecule has 1 heterocycles. The number of anilines is 1. The number of hydrogen-bond acceptors (Lipinski definition) is 6. The molecule has 0 radical (unpaired) electrons. The molecule has 0 unspecified atom stereocenters. The third-order valence-electron chi connectivity index (χ3n) is 3.52. The largest absolute Gasteiger partial charge is 0.494 e. The van der Waals surface area contributed by atoms with E-state index in [-0.39, 0.29) is 23.9 Å². The van der Waals surface area contributed by atoms with Crippen LogP contribution in [0.2, 0.25) is 0 Å². The van der Waals surface area contributed by atoms with Gasteiger partial charge in [-0.2, -0.15) is 0 Å². The summed E-state index contributed by atoms with van der Waals surface area (Å²) in [5.41, 5.74) is 5.31. The number of ether oxygens (including phenoxy) is 1. The first-order chi connectivity index (χ1) is 14.5. The topological polar surface area (TPSA) is 122 Å². The van der Waals surface area contributed by atoms with E-state index in [2.05, 4.69) is 21.5 Å². The molecule has 0 spiro atoms. The lowest BCUT2D eigenvalue weighted by atomic mass is 10.2. The van der Waals surface area contributed by atoms with Gasteiger partial charge in [-0.1, -0.05) is 0 Å². The molecule has 0 atom stereocenters. The summed E-state index contributed by atoms with van der Waals surface area (Å²) in [6.07, 6.45) is 4.10. The number of benzene rings is 1. The van der Waals surface area contributed by atoms with Gasteiger partial charge >= 0.3 is 0 Å². The third-order valence-corrected chi connectivity index (χ3v) is 3.73. The highest BCUT2D eigenvalue weighted by Crippen LogP contribution is 2.15. The van der Waals surface area contributed by atoms with Gasteiger partial charge in [-0.15, -0.1) is 0 Å². The summed E-state index contributed by atoms with van der Waals surface area (Å²) in [5.74, 6) is -0.0398. The van der Waals surface area contributed by atoms with Crippen molar-refractivity contribution < 1.29 is 23.5 Å². The highest BCUT2D eigenvalue weighted by atomic mass is 32.1. The van der Waals surface area contributed by atoms with E-state index in [1.165, 1.54) is 18.4 Å². The van der Waals surface area contributed by atoms with E-state index >= 15 is 0 Å². The number of thiocarbonyl (C=S) groups is 1. The van der Waals surface area contributed by atoms with Crippen LogP contribution in [0.4, 0.5) is 5.69 Å². The maximum Gasteiger partial charge on any atom is 0.250 e. The molecule has 3 amide bonds. The van der Waals surface area contributed by atoms with Crippen LogP contribution in [-0.2, 0) is 14.4 Å². The molecule has 4 N–H and O–H groups in total. The van der Waals surface area contributed by atoms with E-state index in [1.807, 2.05) is 6.92 Å². The number of furan rings is 1. The van der Waals surface area contributed by atoms with Gasteiger partial charge in [0.05, 0.1) is 12.9 Å². The molecule has 10 heteroatoms. The zero-order chi connectivity index (χ0) is 21.8. The summed E-state index contributed by atoms with van der Waals surface area (Å²) >= 11 is 4.91. The Balaban J connectivity index is 1.63. The highest BCUT2D eigenvalue weighted by Gasteiger charge is 2.08. The predicted octanol–water partition coefficient (Wildman–Crippen LogP) is 2.13. The first kappa shape index (κ1) is 22.6. The molecule has 0 saturated carbocycles. The van der Waals surface area contributed by atoms with Gasteiger partial charge < -0.3 is 14.5 Å².